The van der Waals surface area contributed by atoms with E-state index < -0.39 is 36.0 Å². The molecule has 1 fully saturated rings. The average molecular weight is 380 g/mol. The van der Waals surface area contributed by atoms with E-state index in [0.717, 1.165) is 10.5 Å². The zero-order valence-electron chi connectivity index (χ0n) is 15.3. The Hall–Kier alpha value is -3.68. The molecule has 8 nitrogen and oxygen atoms in total. The van der Waals surface area contributed by atoms with Crippen LogP contribution < -0.4 is 16.0 Å². The number of urea groups is 2. The summed E-state index contributed by atoms with van der Waals surface area (Å²) < 4.78 is 0. The van der Waals surface area contributed by atoms with Crippen molar-refractivity contribution in [1.29, 1.82) is 0 Å². The molecule has 28 heavy (non-hydrogen) atoms. The summed E-state index contributed by atoms with van der Waals surface area (Å²) in [5, 5.41) is 7.28. The van der Waals surface area contributed by atoms with Gasteiger partial charge in [-0.2, -0.15) is 0 Å². The molecule has 2 aromatic rings. The first-order valence-electron chi connectivity index (χ1n) is 8.71. The molecule has 6 amide bonds. The summed E-state index contributed by atoms with van der Waals surface area (Å²) in [5.74, 6) is -1.31. The second-order valence-corrected chi connectivity index (χ2v) is 6.53. The summed E-state index contributed by atoms with van der Waals surface area (Å²) in [5.41, 5.74) is 0.225. The van der Waals surface area contributed by atoms with Crippen molar-refractivity contribution < 1.29 is 19.2 Å². The summed E-state index contributed by atoms with van der Waals surface area (Å²) in [6.07, 6.45) is 0. The van der Waals surface area contributed by atoms with Crippen LogP contribution in [-0.2, 0) is 21.7 Å². The molecule has 0 aromatic heterocycles. The van der Waals surface area contributed by atoms with Crippen LogP contribution in [0.5, 0.6) is 0 Å². The molecule has 3 rings (SSSR count). The number of benzene rings is 2. The third-order valence-corrected chi connectivity index (χ3v) is 4.48. The highest BCUT2D eigenvalue weighted by molar-refractivity contribution is 6.10. The Bertz CT molecular complexity index is 901. The first-order valence-corrected chi connectivity index (χ1v) is 8.71. The summed E-state index contributed by atoms with van der Waals surface area (Å²) >= 11 is 0. The van der Waals surface area contributed by atoms with Crippen molar-refractivity contribution in [3.05, 3.63) is 71.8 Å². The van der Waals surface area contributed by atoms with Crippen LogP contribution in [0.1, 0.15) is 18.1 Å². The van der Waals surface area contributed by atoms with Gasteiger partial charge in [0.1, 0.15) is 12.1 Å². The van der Waals surface area contributed by atoms with Gasteiger partial charge in [-0.3, -0.25) is 19.8 Å². The van der Waals surface area contributed by atoms with Crippen LogP contribution in [0, 0.1) is 0 Å². The maximum Gasteiger partial charge on any atom is 0.325 e. The largest absolute Gasteiger partial charge is 0.334 e. The van der Waals surface area contributed by atoms with Crippen LogP contribution in [-0.4, -0.2) is 35.3 Å². The highest BCUT2D eigenvalue weighted by atomic mass is 16.2. The number of hydrogen-bond acceptors (Lipinski definition) is 4. The molecule has 1 saturated heterocycles. The monoisotopic (exact) mass is 380 g/mol. The van der Waals surface area contributed by atoms with Crippen LogP contribution in [0.15, 0.2) is 60.7 Å². The van der Waals surface area contributed by atoms with E-state index in [1.54, 1.807) is 37.3 Å². The van der Waals surface area contributed by atoms with Gasteiger partial charge >= 0.3 is 12.1 Å². The number of hydrogen-bond donors (Lipinski definition) is 3. The fourth-order valence-corrected chi connectivity index (χ4v) is 2.94. The molecule has 1 aliphatic heterocycles. The molecule has 1 aliphatic rings. The third-order valence-electron chi connectivity index (χ3n) is 4.48. The third kappa shape index (κ3) is 4.01. The van der Waals surface area contributed by atoms with Crippen LogP contribution in [0.25, 0.3) is 0 Å². The number of rotatable bonds is 5. The van der Waals surface area contributed by atoms with E-state index in [1.165, 1.54) is 0 Å². The van der Waals surface area contributed by atoms with Crippen LogP contribution in [0.3, 0.4) is 0 Å². The van der Waals surface area contributed by atoms with Crippen LogP contribution in [0.2, 0.25) is 0 Å². The zero-order chi connectivity index (χ0) is 20.1. The molecule has 8 heteroatoms. The number of carbonyl (C=O) groups excluding carboxylic acids is 4. The molecule has 0 bridgehead atoms. The van der Waals surface area contributed by atoms with E-state index in [0.29, 0.717) is 5.56 Å². The Balaban J connectivity index is 1.57. The average Bonchev–Trinajstić information content (AvgIpc) is 2.92. The van der Waals surface area contributed by atoms with E-state index >= 15 is 0 Å². The SMILES string of the molecule is C[C@]1(c2ccccc2)NC(=O)N(CC(=O)NC(=O)NCc2ccccc2)C1=O. The maximum atomic E-state index is 12.7. The fraction of sp³-hybridized carbons (Fsp3) is 0.200. The predicted molar refractivity (Wildman–Crippen MR) is 101 cm³/mol. The van der Waals surface area contributed by atoms with Gasteiger partial charge in [-0.05, 0) is 18.1 Å². The van der Waals surface area contributed by atoms with Crippen molar-refractivity contribution in [2.75, 3.05) is 6.54 Å². The Labute approximate surface area is 161 Å². The van der Waals surface area contributed by atoms with Crippen LogP contribution in [0.4, 0.5) is 9.59 Å². The lowest BCUT2D eigenvalue weighted by atomic mass is 9.92. The molecule has 0 radical (unpaired) electrons. The molecule has 0 saturated carbocycles. The first kappa shape index (κ1) is 19.1. The number of amides is 6. The van der Waals surface area contributed by atoms with Crippen molar-refractivity contribution >= 4 is 23.9 Å². The molecule has 0 unspecified atom stereocenters. The summed E-state index contributed by atoms with van der Waals surface area (Å²) in [4.78, 5) is 49.7. The van der Waals surface area contributed by atoms with Gasteiger partial charge in [0.2, 0.25) is 5.91 Å². The van der Waals surface area contributed by atoms with E-state index in [4.69, 9.17) is 0 Å². The highest BCUT2D eigenvalue weighted by Gasteiger charge is 2.49. The predicted octanol–water partition coefficient (Wildman–Crippen LogP) is 1.48. The second kappa shape index (κ2) is 7.91. The van der Waals surface area contributed by atoms with E-state index in [9.17, 15) is 19.2 Å². The fourth-order valence-electron chi connectivity index (χ4n) is 2.94. The first-order chi connectivity index (χ1) is 13.4. The van der Waals surface area contributed by atoms with Crippen LogP contribution >= 0.6 is 0 Å². The van der Waals surface area contributed by atoms with Crippen molar-refractivity contribution in [1.82, 2.24) is 20.9 Å². The van der Waals surface area contributed by atoms with Gasteiger partial charge in [0.25, 0.3) is 5.91 Å². The van der Waals surface area contributed by atoms with Gasteiger partial charge in [-0.15, -0.1) is 0 Å². The van der Waals surface area contributed by atoms with E-state index in [2.05, 4.69) is 16.0 Å². The van der Waals surface area contributed by atoms with Gasteiger partial charge in [0, 0.05) is 6.54 Å². The standard InChI is InChI=1S/C20H20N4O4/c1-20(15-10-6-3-7-11-15)17(26)24(19(28)23-20)13-16(25)22-18(27)21-12-14-8-4-2-5-9-14/h2-11H,12-13H2,1H3,(H,23,28)(H2,21,22,25,27)/t20-/m1/s1. The highest BCUT2D eigenvalue weighted by Crippen LogP contribution is 2.28. The molecule has 144 valence electrons. The Morgan fingerprint density at radius 3 is 2.25 bits per heavy atom. The molecule has 2 aromatic carbocycles. The number of nitrogens with one attached hydrogen (secondary N) is 3. The smallest absolute Gasteiger partial charge is 0.325 e. The maximum absolute atomic E-state index is 12.7. The summed E-state index contributed by atoms with van der Waals surface area (Å²) in [6, 6.07) is 16.6. The lowest BCUT2D eigenvalue weighted by Crippen LogP contribution is -2.46. The Kier molecular flexibility index (Phi) is 5.39. The minimum absolute atomic E-state index is 0.245. The molecular formula is C20H20N4O4. The van der Waals surface area contributed by atoms with Gasteiger partial charge in [0.05, 0.1) is 0 Å². The van der Waals surface area contributed by atoms with Crippen molar-refractivity contribution in [3.63, 3.8) is 0 Å². The molecule has 1 heterocycles. The quantitative estimate of drug-likeness (QED) is 0.683. The lowest BCUT2D eigenvalue weighted by Gasteiger charge is -2.22. The molecular weight excluding hydrogens is 360 g/mol. The zero-order valence-corrected chi connectivity index (χ0v) is 15.3. The Morgan fingerprint density at radius 2 is 1.61 bits per heavy atom. The number of nitrogens with zero attached hydrogens (tertiary/aromatic N) is 1. The van der Waals surface area contributed by atoms with Crippen molar-refractivity contribution in [2.45, 2.75) is 19.0 Å². The molecule has 1 atom stereocenters. The van der Waals surface area contributed by atoms with Gasteiger partial charge in [0.15, 0.2) is 0 Å². The minimum atomic E-state index is -1.26. The molecule has 0 aliphatic carbocycles. The van der Waals surface area contributed by atoms with Crippen molar-refractivity contribution in [2.24, 2.45) is 0 Å². The number of carbonyl (C=O) groups is 4. The van der Waals surface area contributed by atoms with Gasteiger partial charge in [-0.1, -0.05) is 60.7 Å². The lowest BCUT2D eigenvalue weighted by molar-refractivity contribution is -0.134. The summed E-state index contributed by atoms with van der Waals surface area (Å²) in [6.45, 7) is 1.27. The Morgan fingerprint density at radius 1 is 1.00 bits per heavy atom. The summed E-state index contributed by atoms with van der Waals surface area (Å²) in [7, 11) is 0. The van der Waals surface area contributed by atoms with Crippen molar-refractivity contribution in [3.8, 4) is 0 Å². The number of imide groups is 2. The second-order valence-electron chi connectivity index (χ2n) is 6.53. The topological polar surface area (TPSA) is 108 Å². The van der Waals surface area contributed by atoms with Gasteiger partial charge < -0.3 is 10.6 Å². The molecule has 3 N–H and O–H groups in total. The van der Waals surface area contributed by atoms with E-state index in [-0.39, 0.29) is 6.54 Å². The normalized spacial score (nSPS) is 18.5. The van der Waals surface area contributed by atoms with Gasteiger partial charge in [-0.25, -0.2) is 9.59 Å². The minimum Gasteiger partial charge on any atom is -0.334 e. The molecule has 0 spiro atoms. The van der Waals surface area contributed by atoms with E-state index in [1.807, 2.05) is 30.3 Å².